The molecule has 1 fully saturated rings. The highest BCUT2D eigenvalue weighted by Crippen LogP contribution is 2.24. The highest BCUT2D eigenvalue weighted by atomic mass is 19.4. The number of urea groups is 1. The van der Waals surface area contributed by atoms with Gasteiger partial charge in [0, 0.05) is 17.0 Å². The lowest BCUT2D eigenvalue weighted by Crippen LogP contribution is -2.36. The summed E-state index contributed by atoms with van der Waals surface area (Å²) in [6.45, 7) is 1.18. The van der Waals surface area contributed by atoms with Crippen LogP contribution in [0, 0.1) is 13.8 Å². The Morgan fingerprint density at radius 3 is 2.43 bits per heavy atom. The van der Waals surface area contributed by atoms with Crippen LogP contribution in [0.2, 0.25) is 0 Å². The number of aryl methyl sites for hydroxylation is 2. The summed E-state index contributed by atoms with van der Waals surface area (Å²) in [5, 5.41) is 2.57. The zero-order valence-corrected chi connectivity index (χ0v) is 16.6. The SMILES string of the molecule is Cc1cc(C(=O)CN2C(=O)NC(CCc3ccccc3)C2=O)c(C)n1CC(F)(F)F. The van der Waals surface area contributed by atoms with E-state index in [-0.39, 0.29) is 17.0 Å². The van der Waals surface area contributed by atoms with Crippen LogP contribution < -0.4 is 5.32 Å². The van der Waals surface area contributed by atoms with Crippen molar-refractivity contribution >= 4 is 17.7 Å². The number of aromatic nitrogens is 1. The molecule has 1 N–H and O–H groups in total. The summed E-state index contributed by atoms with van der Waals surface area (Å²) in [4.78, 5) is 38.3. The molecule has 160 valence electrons. The maximum absolute atomic E-state index is 12.8. The number of hydrogen-bond donors (Lipinski definition) is 1. The lowest BCUT2D eigenvalue weighted by atomic mass is 10.1. The Balaban J connectivity index is 1.67. The van der Waals surface area contributed by atoms with E-state index in [9.17, 15) is 27.6 Å². The second kappa shape index (κ2) is 8.33. The maximum Gasteiger partial charge on any atom is 0.406 e. The van der Waals surface area contributed by atoms with Gasteiger partial charge in [0.15, 0.2) is 5.78 Å². The van der Waals surface area contributed by atoms with E-state index in [1.807, 2.05) is 30.3 Å². The van der Waals surface area contributed by atoms with Gasteiger partial charge in [0.1, 0.15) is 12.6 Å². The summed E-state index contributed by atoms with van der Waals surface area (Å²) in [5.74, 6) is -1.09. The minimum absolute atomic E-state index is 0.0742. The second-order valence-electron chi connectivity index (χ2n) is 7.36. The molecule has 2 heterocycles. The first kappa shape index (κ1) is 21.6. The largest absolute Gasteiger partial charge is 0.406 e. The predicted octanol–water partition coefficient (Wildman–Crippen LogP) is 3.40. The zero-order chi connectivity index (χ0) is 22.1. The van der Waals surface area contributed by atoms with Crippen molar-refractivity contribution in [2.45, 2.75) is 45.5 Å². The number of nitrogens with zero attached hydrogens (tertiary/aromatic N) is 2. The second-order valence-corrected chi connectivity index (χ2v) is 7.36. The first-order chi connectivity index (χ1) is 14.1. The molecule has 6 nitrogen and oxygen atoms in total. The molecule has 0 radical (unpaired) electrons. The quantitative estimate of drug-likeness (QED) is 0.550. The van der Waals surface area contributed by atoms with E-state index in [2.05, 4.69) is 5.32 Å². The smallest absolute Gasteiger partial charge is 0.339 e. The fourth-order valence-electron chi connectivity index (χ4n) is 3.61. The van der Waals surface area contributed by atoms with E-state index in [0.717, 1.165) is 15.0 Å². The van der Waals surface area contributed by atoms with Gasteiger partial charge in [0.05, 0.1) is 6.54 Å². The van der Waals surface area contributed by atoms with E-state index in [1.54, 1.807) is 0 Å². The molecule has 1 saturated heterocycles. The maximum atomic E-state index is 12.8. The number of nitrogens with one attached hydrogen (secondary N) is 1. The molecule has 1 aromatic carbocycles. The summed E-state index contributed by atoms with van der Waals surface area (Å²) < 4.78 is 39.3. The molecule has 0 saturated carbocycles. The molecule has 1 aliphatic rings. The Kier molecular flexibility index (Phi) is 6.00. The van der Waals surface area contributed by atoms with E-state index in [1.165, 1.54) is 19.9 Å². The van der Waals surface area contributed by atoms with Crippen molar-refractivity contribution in [3.8, 4) is 0 Å². The van der Waals surface area contributed by atoms with Gasteiger partial charge in [-0.3, -0.25) is 14.5 Å². The molecule has 30 heavy (non-hydrogen) atoms. The summed E-state index contributed by atoms with van der Waals surface area (Å²) >= 11 is 0. The molecule has 3 rings (SSSR count). The number of ketones is 1. The van der Waals surface area contributed by atoms with E-state index >= 15 is 0 Å². The van der Waals surface area contributed by atoms with Crippen molar-refractivity contribution in [2.24, 2.45) is 0 Å². The number of hydrogen-bond acceptors (Lipinski definition) is 3. The van der Waals surface area contributed by atoms with Gasteiger partial charge in [-0.2, -0.15) is 13.2 Å². The minimum Gasteiger partial charge on any atom is -0.339 e. The molecule has 0 bridgehead atoms. The third kappa shape index (κ3) is 4.72. The lowest BCUT2D eigenvalue weighted by molar-refractivity contribution is -0.141. The van der Waals surface area contributed by atoms with E-state index in [0.29, 0.717) is 12.8 Å². The number of alkyl halides is 3. The standard InChI is InChI=1S/C21H22F3N3O3/c1-13-10-16(14(2)27(13)12-21(22,23)24)18(28)11-26-19(29)17(25-20(26)30)9-8-15-6-4-3-5-7-15/h3-7,10,17H,8-9,11-12H2,1-2H3,(H,25,30). The normalized spacial score (nSPS) is 16.8. The van der Waals surface area contributed by atoms with Crippen molar-refractivity contribution in [3.05, 3.63) is 58.9 Å². The fraction of sp³-hybridized carbons (Fsp3) is 0.381. The molecule has 1 unspecified atom stereocenters. The third-order valence-electron chi connectivity index (χ3n) is 5.18. The van der Waals surface area contributed by atoms with Crippen molar-refractivity contribution in [1.29, 1.82) is 0 Å². The van der Waals surface area contributed by atoms with Gasteiger partial charge >= 0.3 is 12.2 Å². The number of Topliss-reactive ketones (excluding diaryl/α,β-unsaturated/α-hetero) is 1. The monoisotopic (exact) mass is 421 g/mol. The lowest BCUT2D eigenvalue weighted by Gasteiger charge is -2.14. The zero-order valence-electron chi connectivity index (χ0n) is 16.6. The Morgan fingerprint density at radius 2 is 1.80 bits per heavy atom. The number of carbonyl (C=O) groups is 3. The molecule has 2 aromatic rings. The van der Waals surface area contributed by atoms with Crippen LogP contribution in [0.15, 0.2) is 36.4 Å². The minimum atomic E-state index is -4.42. The fourth-order valence-corrected chi connectivity index (χ4v) is 3.61. The average Bonchev–Trinajstić information content (AvgIpc) is 3.10. The average molecular weight is 421 g/mol. The van der Waals surface area contributed by atoms with Crippen molar-refractivity contribution in [2.75, 3.05) is 6.54 Å². The number of carbonyl (C=O) groups excluding carboxylic acids is 3. The van der Waals surface area contributed by atoms with Gasteiger partial charge in [-0.15, -0.1) is 0 Å². The van der Waals surface area contributed by atoms with Crippen LogP contribution in [0.1, 0.15) is 33.7 Å². The Labute approximate surface area is 171 Å². The van der Waals surface area contributed by atoms with Gasteiger partial charge in [-0.1, -0.05) is 30.3 Å². The Bertz CT molecular complexity index is 967. The van der Waals surface area contributed by atoms with Crippen molar-refractivity contribution in [3.63, 3.8) is 0 Å². The molecule has 0 spiro atoms. The van der Waals surface area contributed by atoms with Gasteiger partial charge in [-0.05, 0) is 38.3 Å². The highest BCUT2D eigenvalue weighted by molar-refractivity contribution is 6.09. The van der Waals surface area contributed by atoms with Crippen LogP contribution in [0.4, 0.5) is 18.0 Å². The van der Waals surface area contributed by atoms with Crippen molar-refractivity contribution in [1.82, 2.24) is 14.8 Å². The molecule has 1 aromatic heterocycles. The molecule has 0 aliphatic carbocycles. The number of rotatable bonds is 7. The van der Waals surface area contributed by atoms with Crippen LogP contribution in [0.25, 0.3) is 0 Å². The topological polar surface area (TPSA) is 71.4 Å². The van der Waals surface area contributed by atoms with Gasteiger partial charge in [0.25, 0.3) is 5.91 Å². The van der Waals surface area contributed by atoms with Crippen LogP contribution in [0.5, 0.6) is 0 Å². The number of halogens is 3. The van der Waals surface area contributed by atoms with Crippen molar-refractivity contribution < 1.29 is 27.6 Å². The number of benzene rings is 1. The van der Waals surface area contributed by atoms with Crippen LogP contribution in [0.3, 0.4) is 0 Å². The molecule has 9 heteroatoms. The third-order valence-corrected chi connectivity index (χ3v) is 5.18. The molecular weight excluding hydrogens is 399 g/mol. The number of amides is 3. The molecular formula is C21H22F3N3O3. The van der Waals surface area contributed by atoms with Gasteiger partial charge in [-0.25, -0.2) is 4.79 Å². The summed E-state index contributed by atoms with van der Waals surface area (Å²) in [6.07, 6.45) is -3.46. The van der Waals surface area contributed by atoms with E-state index in [4.69, 9.17) is 0 Å². The first-order valence-corrected chi connectivity index (χ1v) is 9.49. The molecule has 3 amide bonds. The summed E-state index contributed by atoms with van der Waals surface area (Å²) in [5.41, 5.74) is 1.53. The van der Waals surface area contributed by atoms with E-state index < -0.39 is 43.0 Å². The summed E-state index contributed by atoms with van der Waals surface area (Å²) in [7, 11) is 0. The van der Waals surface area contributed by atoms with Gasteiger partial charge in [0.2, 0.25) is 0 Å². The first-order valence-electron chi connectivity index (χ1n) is 9.49. The van der Waals surface area contributed by atoms with Gasteiger partial charge < -0.3 is 9.88 Å². The molecule has 1 aliphatic heterocycles. The highest BCUT2D eigenvalue weighted by Gasteiger charge is 2.39. The Morgan fingerprint density at radius 1 is 1.13 bits per heavy atom. The number of imide groups is 1. The van der Waals surface area contributed by atoms with Crippen LogP contribution >= 0.6 is 0 Å². The predicted molar refractivity (Wildman–Crippen MR) is 103 cm³/mol. The molecule has 1 atom stereocenters. The van der Waals surface area contributed by atoms with Crippen LogP contribution in [-0.2, 0) is 17.8 Å². The van der Waals surface area contributed by atoms with Crippen LogP contribution in [-0.4, -0.2) is 46.0 Å². The Hall–Kier alpha value is -3.10. The summed E-state index contributed by atoms with van der Waals surface area (Å²) in [6, 6.07) is 9.42.